The fourth-order valence-corrected chi connectivity index (χ4v) is 4.34. The Morgan fingerprint density at radius 1 is 1.32 bits per heavy atom. The van der Waals surface area contributed by atoms with Crippen molar-refractivity contribution in [1.29, 1.82) is 0 Å². The third-order valence-electron chi connectivity index (χ3n) is 5.76. The zero-order valence-electron chi connectivity index (χ0n) is 17.0. The van der Waals surface area contributed by atoms with Crippen LogP contribution in [0.4, 0.5) is 0 Å². The maximum absolute atomic E-state index is 13.5. The minimum absolute atomic E-state index is 0.0469. The molecule has 152 valence electrons. The summed E-state index contributed by atoms with van der Waals surface area (Å²) < 4.78 is 7.61. The number of ether oxygens (including phenoxy) is 1. The average molecular weight is 386 g/mol. The van der Waals surface area contributed by atoms with Crippen molar-refractivity contribution in [3.05, 3.63) is 29.5 Å². The van der Waals surface area contributed by atoms with Crippen LogP contribution in [-0.4, -0.2) is 46.6 Å². The lowest BCUT2D eigenvalue weighted by Crippen LogP contribution is -2.40. The van der Waals surface area contributed by atoms with Gasteiger partial charge in [0.05, 0.1) is 12.7 Å². The van der Waals surface area contributed by atoms with Crippen molar-refractivity contribution in [2.45, 2.75) is 52.5 Å². The van der Waals surface area contributed by atoms with Crippen molar-refractivity contribution in [2.75, 3.05) is 20.2 Å². The summed E-state index contributed by atoms with van der Waals surface area (Å²) in [5, 5.41) is 9.89. The molecule has 1 aliphatic heterocycles. The van der Waals surface area contributed by atoms with E-state index < -0.39 is 5.97 Å². The SMILES string of the molecule is CCCn1c(C)c(C(=O)N2CCCC(CCC(=O)O)C2)c2cc(OC)ccc21. The van der Waals surface area contributed by atoms with E-state index in [0.717, 1.165) is 60.3 Å². The lowest BCUT2D eigenvalue weighted by atomic mass is 9.93. The number of piperidine rings is 1. The second-order valence-corrected chi connectivity index (χ2v) is 7.69. The topological polar surface area (TPSA) is 71.8 Å². The van der Waals surface area contributed by atoms with Gasteiger partial charge in [-0.2, -0.15) is 0 Å². The molecule has 28 heavy (non-hydrogen) atoms. The molecule has 1 N–H and O–H groups in total. The van der Waals surface area contributed by atoms with Gasteiger partial charge in [-0.05, 0) is 56.7 Å². The molecule has 1 aromatic heterocycles. The van der Waals surface area contributed by atoms with Gasteiger partial charge in [-0.3, -0.25) is 9.59 Å². The Kier molecular flexibility index (Phi) is 6.27. The Bertz CT molecular complexity index is 871. The number of fused-ring (bicyclic) bond motifs is 1. The van der Waals surface area contributed by atoms with Gasteiger partial charge in [-0.25, -0.2) is 0 Å². The van der Waals surface area contributed by atoms with Crippen molar-refractivity contribution in [1.82, 2.24) is 9.47 Å². The highest BCUT2D eigenvalue weighted by atomic mass is 16.5. The molecule has 3 rings (SSSR count). The minimum Gasteiger partial charge on any atom is -0.497 e. The molecule has 1 unspecified atom stereocenters. The monoisotopic (exact) mass is 386 g/mol. The summed E-state index contributed by atoms with van der Waals surface area (Å²) in [4.78, 5) is 26.3. The van der Waals surface area contributed by atoms with Gasteiger partial charge in [-0.1, -0.05) is 6.92 Å². The number of hydrogen-bond donors (Lipinski definition) is 1. The third kappa shape index (κ3) is 4.01. The average Bonchev–Trinajstić information content (AvgIpc) is 2.97. The van der Waals surface area contributed by atoms with Crippen molar-refractivity contribution in [3.8, 4) is 5.75 Å². The summed E-state index contributed by atoms with van der Waals surface area (Å²) in [5.74, 6) is 0.278. The van der Waals surface area contributed by atoms with E-state index in [0.29, 0.717) is 13.0 Å². The van der Waals surface area contributed by atoms with Crippen molar-refractivity contribution in [2.24, 2.45) is 5.92 Å². The standard InChI is InChI=1S/C22H30N2O4/c1-4-11-24-15(2)21(18-13-17(28-3)8-9-19(18)24)22(27)23-12-5-6-16(14-23)7-10-20(25)26/h8-9,13,16H,4-7,10-12,14H2,1-3H3,(H,25,26). The number of carboxylic acids is 1. The summed E-state index contributed by atoms with van der Waals surface area (Å²) in [6.45, 7) is 6.38. The molecule has 1 saturated heterocycles. The van der Waals surface area contributed by atoms with E-state index in [1.54, 1.807) is 7.11 Å². The predicted molar refractivity (Wildman–Crippen MR) is 109 cm³/mol. The van der Waals surface area contributed by atoms with E-state index in [1.165, 1.54) is 0 Å². The number of likely N-dealkylation sites (tertiary alicyclic amines) is 1. The first-order valence-corrected chi connectivity index (χ1v) is 10.1. The van der Waals surface area contributed by atoms with Gasteiger partial charge >= 0.3 is 5.97 Å². The Hall–Kier alpha value is -2.50. The highest BCUT2D eigenvalue weighted by Gasteiger charge is 2.29. The number of aryl methyl sites for hydroxylation is 1. The Morgan fingerprint density at radius 2 is 2.11 bits per heavy atom. The van der Waals surface area contributed by atoms with Crippen LogP contribution >= 0.6 is 0 Å². The molecule has 2 aromatic rings. The molecule has 6 nitrogen and oxygen atoms in total. The molecule has 0 radical (unpaired) electrons. The van der Waals surface area contributed by atoms with Crippen LogP contribution in [0.2, 0.25) is 0 Å². The summed E-state index contributed by atoms with van der Waals surface area (Å²) in [7, 11) is 1.64. The molecule has 6 heteroatoms. The molecule has 0 aliphatic carbocycles. The lowest BCUT2D eigenvalue weighted by Gasteiger charge is -2.32. The van der Waals surface area contributed by atoms with Crippen LogP contribution in [0.5, 0.6) is 5.75 Å². The number of aliphatic carboxylic acids is 1. The molecule has 1 amide bonds. The zero-order chi connectivity index (χ0) is 20.3. The molecule has 1 aliphatic rings. The van der Waals surface area contributed by atoms with Crippen LogP contribution in [0.25, 0.3) is 10.9 Å². The number of nitrogens with zero attached hydrogens (tertiary/aromatic N) is 2. The predicted octanol–water partition coefficient (Wildman–Crippen LogP) is 4.09. The van der Waals surface area contributed by atoms with Crippen LogP contribution < -0.4 is 4.74 Å². The Balaban J connectivity index is 1.94. The highest BCUT2D eigenvalue weighted by Crippen LogP contribution is 2.32. The maximum Gasteiger partial charge on any atom is 0.303 e. The van der Waals surface area contributed by atoms with Crippen LogP contribution in [0, 0.1) is 12.8 Å². The number of rotatable bonds is 7. The molecule has 0 bridgehead atoms. The summed E-state index contributed by atoms with van der Waals surface area (Å²) in [5.41, 5.74) is 2.80. The van der Waals surface area contributed by atoms with E-state index in [9.17, 15) is 9.59 Å². The zero-order valence-corrected chi connectivity index (χ0v) is 17.0. The van der Waals surface area contributed by atoms with E-state index in [2.05, 4.69) is 11.5 Å². The van der Waals surface area contributed by atoms with Crippen LogP contribution in [-0.2, 0) is 11.3 Å². The van der Waals surface area contributed by atoms with Gasteiger partial charge < -0.3 is 19.3 Å². The van der Waals surface area contributed by atoms with Crippen molar-refractivity contribution < 1.29 is 19.4 Å². The number of carbonyl (C=O) groups is 2. The van der Waals surface area contributed by atoms with Gasteiger partial charge in [0, 0.05) is 42.7 Å². The van der Waals surface area contributed by atoms with Gasteiger partial charge in [-0.15, -0.1) is 0 Å². The fourth-order valence-electron chi connectivity index (χ4n) is 4.34. The summed E-state index contributed by atoms with van der Waals surface area (Å²) in [6, 6.07) is 5.91. The number of benzene rings is 1. The number of hydrogen-bond acceptors (Lipinski definition) is 3. The molecule has 1 fully saturated rings. The second-order valence-electron chi connectivity index (χ2n) is 7.69. The largest absolute Gasteiger partial charge is 0.497 e. The molecule has 1 atom stereocenters. The Morgan fingerprint density at radius 3 is 2.79 bits per heavy atom. The smallest absolute Gasteiger partial charge is 0.303 e. The summed E-state index contributed by atoms with van der Waals surface area (Å²) in [6.07, 6.45) is 3.70. The molecule has 0 spiro atoms. The van der Waals surface area contributed by atoms with Crippen LogP contribution in [0.15, 0.2) is 18.2 Å². The normalized spacial score (nSPS) is 17.1. The van der Waals surface area contributed by atoms with Crippen molar-refractivity contribution in [3.63, 3.8) is 0 Å². The van der Waals surface area contributed by atoms with Gasteiger partial charge in [0.1, 0.15) is 5.75 Å². The number of amides is 1. The summed E-state index contributed by atoms with van der Waals surface area (Å²) >= 11 is 0. The van der Waals surface area contributed by atoms with Crippen molar-refractivity contribution >= 4 is 22.8 Å². The molecule has 1 aromatic carbocycles. The molecular formula is C22H30N2O4. The highest BCUT2D eigenvalue weighted by molar-refractivity contribution is 6.08. The van der Waals surface area contributed by atoms with Crippen LogP contribution in [0.3, 0.4) is 0 Å². The molecule has 0 saturated carbocycles. The first-order valence-electron chi connectivity index (χ1n) is 10.1. The first-order chi connectivity index (χ1) is 13.5. The van der Waals surface area contributed by atoms with E-state index >= 15 is 0 Å². The molecular weight excluding hydrogens is 356 g/mol. The van der Waals surface area contributed by atoms with Gasteiger partial charge in [0.2, 0.25) is 0 Å². The number of carboxylic acid groups (broad SMARTS) is 1. The minimum atomic E-state index is -0.769. The Labute approximate surface area is 166 Å². The third-order valence-corrected chi connectivity index (χ3v) is 5.76. The number of methoxy groups -OCH3 is 1. The quantitative estimate of drug-likeness (QED) is 0.778. The molecule has 2 heterocycles. The van der Waals surface area contributed by atoms with Gasteiger partial charge in [0.15, 0.2) is 0 Å². The van der Waals surface area contributed by atoms with E-state index in [-0.39, 0.29) is 18.2 Å². The maximum atomic E-state index is 13.5. The fraction of sp³-hybridized carbons (Fsp3) is 0.545. The van der Waals surface area contributed by atoms with E-state index in [4.69, 9.17) is 9.84 Å². The van der Waals surface area contributed by atoms with Gasteiger partial charge in [0.25, 0.3) is 5.91 Å². The lowest BCUT2D eigenvalue weighted by molar-refractivity contribution is -0.137. The second kappa shape index (κ2) is 8.67. The number of carbonyl (C=O) groups excluding carboxylic acids is 1. The van der Waals surface area contributed by atoms with E-state index in [1.807, 2.05) is 30.0 Å². The number of aromatic nitrogens is 1. The van der Waals surface area contributed by atoms with Crippen LogP contribution in [0.1, 0.15) is 55.1 Å². The first kappa shape index (κ1) is 20.2.